The molecule has 0 unspecified atom stereocenters. The average Bonchev–Trinajstić information content (AvgIpc) is 2.73. The summed E-state index contributed by atoms with van der Waals surface area (Å²) in [6, 6.07) is 4.00. The highest BCUT2D eigenvalue weighted by molar-refractivity contribution is 7.89. The van der Waals surface area contributed by atoms with Gasteiger partial charge in [-0.15, -0.1) is 0 Å². The highest BCUT2D eigenvalue weighted by atomic mass is 32.2. The molecule has 30 heavy (non-hydrogen) atoms. The van der Waals surface area contributed by atoms with Gasteiger partial charge >= 0.3 is 6.18 Å². The Bertz CT molecular complexity index is 846. The lowest BCUT2D eigenvalue weighted by Gasteiger charge is -2.37. The quantitative estimate of drug-likeness (QED) is 0.754. The van der Waals surface area contributed by atoms with Gasteiger partial charge in [0.1, 0.15) is 0 Å². The second kappa shape index (κ2) is 9.23. The first-order chi connectivity index (χ1) is 14.1. The summed E-state index contributed by atoms with van der Waals surface area (Å²) in [5.41, 5.74) is -1.16. The fourth-order valence-electron chi connectivity index (χ4n) is 4.13. The van der Waals surface area contributed by atoms with Gasteiger partial charge < -0.3 is 5.32 Å². The minimum Gasteiger partial charge on any atom is -0.352 e. The molecule has 0 bridgehead atoms. The summed E-state index contributed by atoms with van der Waals surface area (Å²) in [6.45, 7) is 2.42. The third-order valence-electron chi connectivity index (χ3n) is 5.96. The molecule has 168 valence electrons. The molecule has 1 saturated carbocycles. The van der Waals surface area contributed by atoms with Crippen molar-refractivity contribution in [2.24, 2.45) is 0 Å². The molecule has 1 atom stereocenters. The zero-order chi connectivity index (χ0) is 21.9. The third-order valence-corrected chi connectivity index (χ3v) is 7.92. The first-order valence-electron chi connectivity index (χ1n) is 10.3. The van der Waals surface area contributed by atoms with E-state index < -0.39 is 32.7 Å². The van der Waals surface area contributed by atoms with E-state index in [1.807, 2.05) is 4.90 Å². The molecule has 2 aliphatic rings. The first kappa shape index (κ1) is 23.0. The number of benzene rings is 1. The van der Waals surface area contributed by atoms with E-state index >= 15 is 0 Å². The first-order valence-corrected chi connectivity index (χ1v) is 11.8. The monoisotopic (exact) mass is 447 g/mol. The van der Waals surface area contributed by atoms with E-state index in [1.165, 1.54) is 18.6 Å². The van der Waals surface area contributed by atoms with Crippen molar-refractivity contribution in [2.45, 2.75) is 62.2 Å². The number of amides is 1. The molecule has 1 aliphatic heterocycles. The van der Waals surface area contributed by atoms with Gasteiger partial charge in [0, 0.05) is 32.2 Å². The predicted octanol–water partition coefficient (Wildman–Crippen LogP) is 2.85. The van der Waals surface area contributed by atoms with Crippen LogP contribution in [0.15, 0.2) is 29.2 Å². The van der Waals surface area contributed by atoms with Crippen LogP contribution in [0.25, 0.3) is 0 Å². The number of nitrogens with one attached hydrogen (secondary N) is 1. The number of sulfonamides is 1. The van der Waals surface area contributed by atoms with E-state index in [-0.39, 0.29) is 38.1 Å². The van der Waals surface area contributed by atoms with Gasteiger partial charge in [-0.05, 0) is 31.9 Å². The van der Waals surface area contributed by atoms with Gasteiger partial charge in [0.05, 0.1) is 16.5 Å². The molecule has 1 aliphatic carbocycles. The van der Waals surface area contributed by atoms with Crippen LogP contribution in [0, 0.1) is 0 Å². The number of carbonyl (C=O) groups excluding carboxylic acids is 1. The fourth-order valence-corrected chi connectivity index (χ4v) is 5.77. The predicted molar refractivity (Wildman–Crippen MR) is 106 cm³/mol. The Morgan fingerprint density at radius 3 is 2.27 bits per heavy atom. The number of alkyl halides is 3. The van der Waals surface area contributed by atoms with Crippen LogP contribution in [0.1, 0.15) is 44.6 Å². The molecule has 0 spiro atoms. The molecule has 2 fully saturated rings. The topological polar surface area (TPSA) is 69.7 Å². The molecule has 1 heterocycles. The minimum atomic E-state index is -4.75. The normalized spacial score (nSPS) is 21.3. The van der Waals surface area contributed by atoms with E-state index in [0.29, 0.717) is 0 Å². The number of carbonyl (C=O) groups is 1. The fraction of sp³-hybridized carbons (Fsp3) is 0.650. The standard InChI is InChI=1S/C20H28F3N3O3S/c1-15(19(27)24-16-7-3-2-4-8-16)25-11-13-26(14-12-25)30(28,29)18-10-6-5-9-17(18)20(21,22)23/h5-6,9-10,15-16H,2-4,7-8,11-14H2,1H3,(H,24,27)/t15-/m0/s1. The lowest BCUT2D eigenvalue weighted by molar-refractivity contribution is -0.140. The van der Waals surface area contributed by atoms with Crippen LogP contribution < -0.4 is 5.32 Å². The Balaban J connectivity index is 1.63. The van der Waals surface area contributed by atoms with Crippen molar-refractivity contribution in [1.82, 2.24) is 14.5 Å². The number of nitrogens with zero attached hydrogens (tertiary/aromatic N) is 2. The van der Waals surface area contributed by atoms with Crippen molar-refractivity contribution in [3.63, 3.8) is 0 Å². The SMILES string of the molecule is C[C@@H](C(=O)NC1CCCCC1)N1CCN(S(=O)(=O)c2ccccc2C(F)(F)F)CC1. The number of hydrogen-bond acceptors (Lipinski definition) is 4. The summed E-state index contributed by atoms with van der Waals surface area (Å²) in [5, 5.41) is 3.07. The van der Waals surface area contributed by atoms with Crippen LogP contribution in [-0.4, -0.2) is 61.8 Å². The van der Waals surface area contributed by atoms with Crippen LogP contribution >= 0.6 is 0 Å². The van der Waals surface area contributed by atoms with Crippen LogP contribution in [0.5, 0.6) is 0 Å². The maximum atomic E-state index is 13.3. The molecule has 6 nitrogen and oxygen atoms in total. The van der Waals surface area contributed by atoms with E-state index in [9.17, 15) is 26.4 Å². The summed E-state index contributed by atoms with van der Waals surface area (Å²) in [5.74, 6) is -0.0828. The van der Waals surface area contributed by atoms with Gasteiger partial charge in [-0.25, -0.2) is 8.42 Å². The van der Waals surface area contributed by atoms with Crippen molar-refractivity contribution in [2.75, 3.05) is 26.2 Å². The Hall–Kier alpha value is -1.65. The average molecular weight is 448 g/mol. The highest BCUT2D eigenvalue weighted by Gasteiger charge is 2.40. The molecular formula is C20H28F3N3O3S. The van der Waals surface area contributed by atoms with Gasteiger partial charge in [-0.2, -0.15) is 17.5 Å². The van der Waals surface area contributed by atoms with Crippen LogP contribution in [-0.2, 0) is 21.0 Å². The number of halogens is 3. The summed E-state index contributed by atoms with van der Waals surface area (Å²) in [4.78, 5) is 13.7. The molecular weight excluding hydrogens is 419 g/mol. The minimum absolute atomic E-state index is 0.0373. The smallest absolute Gasteiger partial charge is 0.352 e. The Morgan fingerprint density at radius 2 is 1.67 bits per heavy atom. The second-order valence-electron chi connectivity index (χ2n) is 7.95. The summed E-state index contributed by atoms with van der Waals surface area (Å²) in [7, 11) is -4.28. The van der Waals surface area contributed by atoms with Gasteiger partial charge in [0.2, 0.25) is 15.9 Å². The summed E-state index contributed by atoms with van der Waals surface area (Å²) < 4.78 is 66.6. The summed E-state index contributed by atoms with van der Waals surface area (Å²) in [6.07, 6.45) is 0.601. The maximum Gasteiger partial charge on any atom is 0.417 e. The van der Waals surface area contributed by atoms with E-state index in [0.717, 1.165) is 42.1 Å². The molecule has 10 heteroatoms. The third kappa shape index (κ3) is 5.15. The molecule has 1 amide bonds. The van der Waals surface area contributed by atoms with E-state index in [2.05, 4.69) is 5.32 Å². The Labute approximate surface area is 175 Å². The van der Waals surface area contributed by atoms with Gasteiger partial charge in [-0.1, -0.05) is 31.4 Å². The zero-order valence-corrected chi connectivity index (χ0v) is 17.8. The summed E-state index contributed by atoms with van der Waals surface area (Å²) >= 11 is 0. The van der Waals surface area contributed by atoms with Crippen LogP contribution in [0.2, 0.25) is 0 Å². The Kier molecular flexibility index (Phi) is 7.09. The Morgan fingerprint density at radius 1 is 1.07 bits per heavy atom. The molecule has 0 radical (unpaired) electrons. The van der Waals surface area contributed by atoms with Crippen molar-refractivity contribution in [3.8, 4) is 0 Å². The second-order valence-corrected chi connectivity index (χ2v) is 9.86. The van der Waals surface area contributed by atoms with Crippen molar-refractivity contribution in [3.05, 3.63) is 29.8 Å². The lowest BCUT2D eigenvalue weighted by atomic mass is 9.95. The van der Waals surface area contributed by atoms with Crippen molar-refractivity contribution >= 4 is 15.9 Å². The number of hydrogen-bond donors (Lipinski definition) is 1. The molecule has 1 saturated heterocycles. The van der Waals surface area contributed by atoms with Gasteiger partial charge in [0.15, 0.2) is 0 Å². The van der Waals surface area contributed by atoms with Crippen molar-refractivity contribution in [1.29, 1.82) is 0 Å². The number of rotatable bonds is 5. The molecule has 0 aromatic heterocycles. The molecule has 1 aromatic carbocycles. The van der Waals surface area contributed by atoms with Crippen molar-refractivity contribution < 1.29 is 26.4 Å². The van der Waals surface area contributed by atoms with Crippen LogP contribution in [0.3, 0.4) is 0 Å². The largest absolute Gasteiger partial charge is 0.417 e. The molecule has 1 aromatic rings. The molecule has 3 rings (SSSR count). The van der Waals surface area contributed by atoms with Crippen LogP contribution in [0.4, 0.5) is 13.2 Å². The maximum absolute atomic E-state index is 13.3. The van der Waals surface area contributed by atoms with E-state index in [4.69, 9.17) is 0 Å². The lowest BCUT2D eigenvalue weighted by Crippen LogP contribution is -2.56. The van der Waals surface area contributed by atoms with Gasteiger partial charge in [-0.3, -0.25) is 9.69 Å². The number of piperazine rings is 1. The highest BCUT2D eigenvalue weighted by Crippen LogP contribution is 2.35. The van der Waals surface area contributed by atoms with E-state index in [1.54, 1.807) is 6.92 Å². The molecule has 1 N–H and O–H groups in total. The van der Waals surface area contributed by atoms with Gasteiger partial charge in [0.25, 0.3) is 0 Å². The zero-order valence-electron chi connectivity index (χ0n) is 17.0.